The van der Waals surface area contributed by atoms with Crippen LogP contribution in [0.3, 0.4) is 0 Å². The number of fused-ring (bicyclic) bond motifs is 2. The molecule has 0 N–H and O–H groups in total. The average molecular weight is 450 g/mol. The molecule has 4 nitrogen and oxygen atoms in total. The lowest BCUT2D eigenvalue weighted by Crippen LogP contribution is -2.03. The lowest BCUT2D eigenvalue weighted by atomic mass is 9.93. The van der Waals surface area contributed by atoms with E-state index in [1.165, 1.54) is 0 Å². The number of rotatable bonds is 3. The molecule has 0 radical (unpaired) electrons. The molecule has 1 aliphatic rings. The number of benzene rings is 5. The standard InChI is InChI=1S/C31H19N3O/c1-3-10-21(11-4-1)29-32-30(22-12-5-2-6-13-22)34-31(33-29)25-18-9-17-24-23-16-7-14-20-15-8-19-26(27(20)23)35-28(24)25/h1-19H. The summed E-state index contributed by atoms with van der Waals surface area (Å²) in [5.74, 6) is 3.46. The predicted octanol–water partition coefficient (Wildman–Crippen LogP) is 7.80. The molecule has 0 atom stereocenters. The molecule has 1 aromatic heterocycles. The first kappa shape index (κ1) is 19.6. The highest BCUT2D eigenvalue weighted by Gasteiger charge is 2.24. The molecule has 2 heterocycles. The van der Waals surface area contributed by atoms with E-state index in [4.69, 9.17) is 19.7 Å². The van der Waals surface area contributed by atoms with Crippen molar-refractivity contribution in [1.82, 2.24) is 15.0 Å². The molecule has 0 spiro atoms. The zero-order chi connectivity index (χ0) is 23.2. The molecule has 4 heteroatoms. The van der Waals surface area contributed by atoms with Crippen LogP contribution in [0.2, 0.25) is 0 Å². The molecule has 0 saturated heterocycles. The minimum absolute atomic E-state index is 0.584. The van der Waals surface area contributed by atoms with E-state index >= 15 is 0 Å². The number of ether oxygens (including phenoxy) is 1. The van der Waals surface area contributed by atoms with Gasteiger partial charge in [-0.15, -0.1) is 0 Å². The molecule has 5 aromatic carbocycles. The second-order valence-electron chi connectivity index (χ2n) is 8.48. The highest BCUT2D eigenvalue weighted by Crippen LogP contribution is 2.49. The Labute approximate surface area is 202 Å². The summed E-state index contributed by atoms with van der Waals surface area (Å²) in [5.41, 5.74) is 4.91. The van der Waals surface area contributed by atoms with Crippen LogP contribution in [0.15, 0.2) is 115 Å². The number of hydrogen-bond donors (Lipinski definition) is 0. The zero-order valence-corrected chi connectivity index (χ0v) is 18.7. The third-order valence-corrected chi connectivity index (χ3v) is 6.32. The van der Waals surface area contributed by atoms with Gasteiger partial charge < -0.3 is 4.74 Å². The molecule has 0 amide bonds. The van der Waals surface area contributed by atoms with Crippen LogP contribution in [-0.2, 0) is 0 Å². The van der Waals surface area contributed by atoms with E-state index in [1.54, 1.807) is 0 Å². The zero-order valence-electron chi connectivity index (χ0n) is 18.7. The third kappa shape index (κ3) is 3.27. The number of nitrogens with zero attached hydrogens (tertiary/aromatic N) is 3. The largest absolute Gasteiger partial charge is 0.455 e. The molecular weight excluding hydrogens is 430 g/mol. The van der Waals surface area contributed by atoms with Crippen LogP contribution in [0.1, 0.15) is 0 Å². The van der Waals surface area contributed by atoms with Crippen LogP contribution < -0.4 is 4.74 Å². The van der Waals surface area contributed by atoms with Crippen molar-refractivity contribution >= 4 is 10.8 Å². The Morgan fingerprint density at radius 2 is 0.971 bits per heavy atom. The molecule has 0 fully saturated rings. The first-order valence-electron chi connectivity index (χ1n) is 11.6. The van der Waals surface area contributed by atoms with Gasteiger partial charge in [-0.1, -0.05) is 103 Å². The van der Waals surface area contributed by atoms with Gasteiger partial charge >= 0.3 is 0 Å². The van der Waals surface area contributed by atoms with Crippen molar-refractivity contribution in [3.05, 3.63) is 115 Å². The Kier molecular flexibility index (Phi) is 4.42. The van der Waals surface area contributed by atoms with Gasteiger partial charge in [0.2, 0.25) is 0 Å². The smallest absolute Gasteiger partial charge is 0.167 e. The van der Waals surface area contributed by atoms with E-state index in [9.17, 15) is 0 Å². The van der Waals surface area contributed by atoms with Crippen molar-refractivity contribution < 1.29 is 4.74 Å². The summed E-state index contributed by atoms with van der Waals surface area (Å²) in [5, 5.41) is 2.29. The molecule has 0 saturated carbocycles. The average Bonchev–Trinajstić information content (AvgIpc) is 2.94. The Hall–Kier alpha value is -4.83. The Morgan fingerprint density at radius 1 is 0.429 bits per heavy atom. The Bertz CT molecular complexity index is 1650. The summed E-state index contributed by atoms with van der Waals surface area (Å²) in [6.45, 7) is 0. The highest BCUT2D eigenvalue weighted by molar-refractivity contribution is 6.05. The summed E-state index contributed by atoms with van der Waals surface area (Å²) in [6, 6.07) is 38.7. The monoisotopic (exact) mass is 449 g/mol. The molecule has 6 aromatic rings. The quantitative estimate of drug-likeness (QED) is 0.276. The van der Waals surface area contributed by atoms with E-state index in [1.807, 2.05) is 84.9 Å². The minimum Gasteiger partial charge on any atom is -0.455 e. The summed E-state index contributed by atoms with van der Waals surface area (Å²) in [7, 11) is 0. The van der Waals surface area contributed by atoms with Gasteiger partial charge in [0, 0.05) is 22.1 Å². The van der Waals surface area contributed by atoms with Crippen molar-refractivity contribution in [2.24, 2.45) is 0 Å². The van der Waals surface area contributed by atoms with Gasteiger partial charge in [0.15, 0.2) is 17.5 Å². The lowest BCUT2D eigenvalue weighted by molar-refractivity contribution is 0.488. The first-order valence-corrected chi connectivity index (χ1v) is 11.6. The fraction of sp³-hybridized carbons (Fsp3) is 0. The van der Waals surface area contributed by atoms with Crippen LogP contribution in [0, 0.1) is 0 Å². The van der Waals surface area contributed by atoms with Gasteiger partial charge in [-0.2, -0.15) is 0 Å². The van der Waals surface area contributed by atoms with Crippen LogP contribution in [0.25, 0.3) is 56.1 Å². The molecule has 1 aliphatic heterocycles. The van der Waals surface area contributed by atoms with Crippen LogP contribution in [0.5, 0.6) is 11.5 Å². The fourth-order valence-corrected chi connectivity index (χ4v) is 4.69. The van der Waals surface area contributed by atoms with Crippen LogP contribution >= 0.6 is 0 Å². The van der Waals surface area contributed by atoms with Gasteiger partial charge in [-0.3, -0.25) is 0 Å². The van der Waals surface area contributed by atoms with E-state index < -0.39 is 0 Å². The second kappa shape index (κ2) is 7.89. The van der Waals surface area contributed by atoms with E-state index in [-0.39, 0.29) is 0 Å². The second-order valence-corrected chi connectivity index (χ2v) is 8.48. The van der Waals surface area contributed by atoms with Crippen LogP contribution in [0.4, 0.5) is 0 Å². The van der Waals surface area contributed by atoms with Crippen molar-refractivity contribution in [1.29, 1.82) is 0 Å². The fourth-order valence-electron chi connectivity index (χ4n) is 4.69. The Balaban J connectivity index is 1.48. The number of hydrogen-bond acceptors (Lipinski definition) is 4. The van der Waals surface area contributed by atoms with Crippen LogP contribution in [-0.4, -0.2) is 15.0 Å². The van der Waals surface area contributed by atoms with Gasteiger partial charge in [-0.25, -0.2) is 15.0 Å². The van der Waals surface area contributed by atoms with E-state index in [0.717, 1.165) is 50.1 Å². The molecule has 7 rings (SSSR count). The molecule has 35 heavy (non-hydrogen) atoms. The minimum atomic E-state index is 0.584. The first-order chi connectivity index (χ1) is 17.3. The lowest BCUT2D eigenvalue weighted by Gasteiger charge is -2.23. The van der Waals surface area contributed by atoms with Gasteiger partial charge in [-0.05, 0) is 23.1 Å². The van der Waals surface area contributed by atoms with Gasteiger partial charge in [0.05, 0.1) is 5.56 Å². The highest BCUT2D eigenvalue weighted by atomic mass is 16.5. The van der Waals surface area contributed by atoms with Gasteiger partial charge in [0.1, 0.15) is 11.5 Å². The van der Waals surface area contributed by atoms with Crippen molar-refractivity contribution in [2.75, 3.05) is 0 Å². The molecular formula is C31H19N3O. The topological polar surface area (TPSA) is 47.9 Å². The van der Waals surface area contributed by atoms with Crippen molar-refractivity contribution in [2.45, 2.75) is 0 Å². The third-order valence-electron chi connectivity index (χ3n) is 6.32. The maximum absolute atomic E-state index is 6.53. The normalized spacial score (nSPS) is 11.7. The maximum Gasteiger partial charge on any atom is 0.167 e. The summed E-state index contributed by atoms with van der Waals surface area (Å²) in [6.07, 6.45) is 0. The van der Waals surface area contributed by atoms with Gasteiger partial charge in [0.25, 0.3) is 0 Å². The SMILES string of the molecule is c1ccc(-c2nc(-c3ccccc3)nc(-c3cccc4c3Oc3cccc5cccc-4c35)n2)cc1. The number of aromatic nitrogens is 3. The summed E-state index contributed by atoms with van der Waals surface area (Å²) < 4.78 is 6.53. The maximum atomic E-state index is 6.53. The molecule has 164 valence electrons. The van der Waals surface area contributed by atoms with E-state index in [0.29, 0.717) is 17.5 Å². The number of para-hydroxylation sites is 1. The molecule has 0 bridgehead atoms. The predicted molar refractivity (Wildman–Crippen MR) is 139 cm³/mol. The van der Waals surface area contributed by atoms with Crippen molar-refractivity contribution in [3.8, 4) is 56.8 Å². The molecule has 0 aliphatic carbocycles. The molecule has 0 unspecified atom stereocenters. The van der Waals surface area contributed by atoms with Crippen molar-refractivity contribution in [3.63, 3.8) is 0 Å². The summed E-state index contributed by atoms with van der Waals surface area (Å²) >= 11 is 0. The Morgan fingerprint density at radius 3 is 1.66 bits per heavy atom. The van der Waals surface area contributed by atoms with E-state index in [2.05, 4.69) is 30.3 Å². The summed E-state index contributed by atoms with van der Waals surface area (Å²) in [4.78, 5) is 14.6.